The van der Waals surface area contributed by atoms with Gasteiger partial charge in [-0.2, -0.15) is 0 Å². The van der Waals surface area contributed by atoms with Gasteiger partial charge in [0.05, 0.1) is 31.8 Å². The molecule has 3 fully saturated rings. The molecule has 2 saturated heterocycles. The van der Waals surface area contributed by atoms with E-state index in [1.165, 1.54) is 4.90 Å². The molecular formula is C18H23F2N3O3. The van der Waals surface area contributed by atoms with Crippen molar-refractivity contribution in [3.05, 3.63) is 17.8 Å². The van der Waals surface area contributed by atoms with Crippen molar-refractivity contribution in [2.75, 3.05) is 37.9 Å². The zero-order chi connectivity index (χ0) is 18.5. The van der Waals surface area contributed by atoms with Crippen LogP contribution in [0.3, 0.4) is 0 Å². The zero-order valence-electron chi connectivity index (χ0n) is 15.0. The van der Waals surface area contributed by atoms with Crippen molar-refractivity contribution in [2.24, 2.45) is 5.92 Å². The number of alkyl halides is 2. The average Bonchev–Trinajstić information content (AvgIpc) is 3.31. The van der Waals surface area contributed by atoms with Gasteiger partial charge >= 0.3 is 0 Å². The van der Waals surface area contributed by atoms with Crippen LogP contribution in [0.25, 0.3) is 0 Å². The first-order chi connectivity index (χ1) is 12.3. The number of amides is 1. The molecule has 2 aliphatic heterocycles. The fraction of sp³-hybridized carbons (Fsp3) is 0.667. The molecule has 1 amide bonds. The van der Waals surface area contributed by atoms with Crippen LogP contribution < -0.4 is 9.64 Å². The van der Waals surface area contributed by atoms with Gasteiger partial charge in [-0.1, -0.05) is 0 Å². The zero-order valence-corrected chi connectivity index (χ0v) is 15.0. The summed E-state index contributed by atoms with van der Waals surface area (Å²) >= 11 is 0. The van der Waals surface area contributed by atoms with Gasteiger partial charge in [0.1, 0.15) is 18.1 Å². The van der Waals surface area contributed by atoms with Crippen LogP contribution in [0.5, 0.6) is 5.88 Å². The minimum absolute atomic E-state index is 0.214. The molecule has 0 unspecified atom stereocenters. The van der Waals surface area contributed by atoms with E-state index in [1.54, 1.807) is 17.0 Å². The van der Waals surface area contributed by atoms with Crippen LogP contribution in [0, 0.1) is 5.92 Å². The van der Waals surface area contributed by atoms with E-state index >= 15 is 0 Å². The first-order valence-corrected chi connectivity index (χ1v) is 8.92. The van der Waals surface area contributed by atoms with E-state index in [4.69, 9.17) is 9.47 Å². The second kappa shape index (κ2) is 6.04. The summed E-state index contributed by atoms with van der Waals surface area (Å²) in [5.41, 5.74) is 0.349. The second-order valence-electron chi connectivity index (χ2n) is 8.01. The number of ether oxygens (including phenoxy) is 2. The second-order valence-corrected chi connectivity index (χ2v) is 8.01. The lowest BCUT2D eigenvalue weighted by atomic mass is 10.1. The Morgan fingerprint density at radius 1 is 1.35 bits per heavy atom. The first-order valence-electron chi connectivity index (χ1n) is 8.92. The molecule has 1 aromatic rings. The summed E-state index contributed by atoms with van der Waals surface area (Å²) in [5.74, 6) is -2.17. The predicted octanol–water partition coefficient (Wildman–Crippen LogP) is 2.53. The molecule has 142 valence electrons. The summed E-state index contributed by atoms with van der Waals surface area (Å²) in [6.45, 7) is 4.33. The lowest BCUT2D eigenvalue weighted by Gasteiger charge is -2.40. The Hall–Kier alpha value is -1.96. The van der Waals surface area contributed by atoms with Crippen LogP contribution in [0.2, 0.25) is 0 Å². The maximum atomic E-state index is 13.2. The number of carbonyl (C=O) groups is 1. The van der Waals surface area contributed by atoms with E-state index in [0.29, 0.717) is 24.8 Å². The van der Waals surface area contributed by atoms with Crippen molar-refractivity contribution in [2.45, 2.75) is 38.2 Å². The molecule has 4 rings (SSSR count). The van der Waals surface area contributed by atoms with Crippen molar-refractivity contribution < 1.29 is 23.0 Å². The summed E-state index contributed by atoms with van der Waals surface area (Å²) in [6.07, 6.45) is 2.21. The molecule has 3 heterocycles. The molecule has 3 aliphatic rings. The number of carbonyl (C=O) groups excluding carboxylic acids is 1. The molecule has 0 N–H and O–H groups in total. The minimum atomic E-state index is -2.68. The Balaban J connectivity index is 1.57. The quantitative estimate of drug-likeness (QED) is 0.801. The minimum Gasteiger partial charge on any atom is -0.476 e. The first kappa shape index (κ1) is 17.5. The lowest BCUT2D eigenvalue weighted by Crippen LogP contribution is -2.56. The summed E-state index contributed by atoms with van der Waals surface area (Å²) in [7, 11) is 0. The normalized spacial score (nSPS) is 23.7. The van der Waals surface area contributed by atoms with Gasteiger partial charge in [-0.15, -0.1) is 0 Å². The number of halogens is 2. The fourth-order valence-electron chi connectivity index (χ4n) is 3.17. The van der Waals surface area contributed by atoms with Gasteiger partial charge in [-0.3, -0.25) is 4.79 Å². The van der Waals surface area contributed by atoms with Crippen molar-refractivity contribution in [1.82, 2.24) is 9.88 Å². The van der Waals surface area contributed by atoms with E-state index in [2.05, 4.69) is 4.98 Å². The molecule has 0 bridgehead atoms. The number of rotatable bonds is 5. The van der Waals surface area contributed by atoms with E-state index in [-0.39, 0.29) is 37.3 Å². The van der Waals surface area contributed by atoms with Crippen LogP contribution in [-0.4, -0.2) is 60.3 Å². The van der Waals surface area contributed by atoms with E-state index in [9.17, 15) is 13.6 Å². The van der Waals surface area contributed by atoms with Crippen LogP contribution in [0.4, 0.5) is 14.5 Å². The third-order valence-corrected chi connectivity index (χ3v) is 5.05. The molecule has 8 heteroatoms. The summed E-state index contributed by atoms with van der Waals surface area (Å²) in [6, 6.07) is 3.23. The molecule has 26 heavy (non-hydrogen) atoms. The summed E-state index contributed by atoms with van der Waals surface area (Å²) < 4.78 is 37.7. The number of hydrogen-bond acceptors (Lipinski definition) is 5. The Morgan fingerprint density at radius 3 is 2.65 bits per heavy atom. The van der Waals surface area contributed by atoms with Gasteiger partial charge < -0.3 is 19.3 Å². The van der Waals surface area contributed by atoms with Gasteiger partial charge in [0.2, 0.25) is 5.88 Å². The van der Waals surface area contributed by atoms with Crippen LogP contribution >= 0.6 is 0 Å². The van der Waals surface area contributed by atoms with Crippen LogP contribution in [-0.2, 0) is 4.74 Å². The van der Waals surface area contributed by atoms with Crippen molar-refractivity contribution in [3.63, 3.8) is 0 Å². The standard InChI is InChI=1S/C18H23F2N3O3/c1-17(2)10-25-11-23(17)16(24)13-5-6-14(22-8-18(19,20)9-22)15(21-13)26-7-12-3-4-12/h5-6,12H,3-4,7-11H2,1-2H3. The summed E-state index contributed by atoms with van der Waals surface area (Å²) in [4.78, 5) is 20.4. The van der Waals surface area contributed by atoms with Crippen molar-refractivity contribution in [1.29, 1.82) is 0 Å². The maximum Gasteiger partial charge on any atom is 0.282 e. The van der Waals surface area contributed by atoms with Crippen molar-refractivity contribution >= 4 is 11.6 Å². The topological polar surface area (TPSA) is 54.9 Å². The monoisotopic (exact) mass is 367 g/mol. The molecule has 6 nitrogen and oxygen atoms in total. The van der Waals surface area contributed by atoms with Crippen molar-refractivity contribution in [3.8, 4) is 5.88 Å². The highest BCUT2D eigenvalue weighted by Gasteiger charge is 2.45. The smallest absolute Gasteiger partial charge is 0.282 e. The predicted molar refractivity (Wildman–Crippen MR) is 90.7 cm³/mol. The SMILES string of the molecule is CC1(C)COCN1C(=O)c1ccc(N2CC(F)(F)C2)c(OCC2CC2)n1. The van der Waals surface area contributed by atoms with Gasteiger partial charge in [0.15, 0.2) is 0 Å². The molecule has 1 aliphatic carbocycles. The molecule has 0 atom stereocenters. The third kappa shape index (κ3) is 3.34. The largest absolute Gasteiger partial charge is 0.476 e. The van der Waals surface area contributed by atoms with E-state index in [1.807, 2.05) is 13.8 Å². The molecule has 0 radical (unpaired) electrons. The molecule has 0 spiro atoms. The molecular weight excluding hydrogens is 344 g/mol. The highest BCUT2D eigenvalue weighted by Crippen LogP contribution is 2.38. The van der Waals surface area contributed by atoms with E-state index < -0.39 is 11.5 Å². The van der Waals surface area contributed by atoms with Gasteiger partial charge in [-0.05, 0) is 44.7 Å². The van der Waals surface area contributed by atoms with Gasteiger partial charge in [0, 0.05) is 0 Å². The number of hydrogen-bond donors (Lipinski definition) is 0. The molecule has 1 aromatic heterocycles. The Morgan fingerprint density at radius 2 is 2.08 bits per heavy atom. The highest BCUT2D eigenvalue weighted by molar-refractivity contribution is 5.93. The van der Waals surface area contributed by atoms with Gasteiger partial charge in [-0.25, -0.2) is 13.8 Å². The lowest BCUT2D eigenvalue weighted by molar-refractivity contribution is -0.0265. The molecule has 1 saturated carbocycles. The third-order valence-electron chi connectivity index (χ3n) is 5.05. The Kier molecular flexibility index (Phi) is 4.06. The average molecular weight is 367 g/mol. The van der Waals surface area contributed by atoms with E-state index in [0.717, 1.165) is 12.8 Å². The van der Waals surface area contributed by atoms with Crippen LogP contribution in [0.15, 0.2) is 12.1 Å². The van der Waals surface area contributed by atoms with Gasteiger partial charge in [0.25, 0.3) is 11.8 Å². The number of anilines is 1. The fourth-order valence-corrected chi connectivity index (χ4v) is 3.17. The van der Waals surface area contributed by atoms with Crippen LogP contribution in [0.1, 0.15) is 37.2 Å². The number of aromatic nitrogens is 1. The Labute approximate surface area is 151 Å². The summed E-state index contributed by atoms with van der Waals surface area (Å²) in [5, 5.41) is 0. The highest BCUT2D eigenvalue weighted by atomic mass is 19.3. The number of nitrogens with zero attached hydrogens (tertiary/aromatic N) is 3. The number of pyridine rings is 1. The maximum absolute atomic E-state index is 13.2. The Bertz CT molecular complexity index is 714. The molecule has 0 aromatic carbocycles.